The van der Waals surface area contributed by atoms with Gasteiger partial charge in [0.05, 0.1) is 11.6 Å². The number of benzene rings is 1. The number of aryl methyl sites for hydroxylation is 1. The van der Waals surface area contributed by atoms with E-state index in [1.54, 1.807) is 29.7 Å². The molecule has 6 heteroatoms. The van der Waals surface area contributed by atoms with Crippen LogP contribution in [0.5, 0.6) is 0 Å². The van der Waals surface area contributed by atoms with Crippen LogP contribution in [0.2, 0.25) is 0 Å². The first-order valence-corrected chi connectivity index (χ1v) is 7.39. The van der Waals surface area contributed by atoms with Crippen molar-refractivity contribution in [3.63, 3.8) is 0 Å². The van der Waals surface area contributed by atoms with Crippen LogP contribution in [0.15, 0.2) is 30.5 Å². The van der Waals surface area contributed by atoms with Crippen LogP contribution in [0.25, 0.3) is 0 Å². The summed E-state index contributed by atoms with van der Waals surface area (Å²) in [5, 5.41) is 12.7. The predicted molar refractivity (Wildman–Crippen MR) is 80.8 cm³/mol. The van der Waals surface area contributed by atoms with E-state index in [0.717, 1.165) is 16.3 Å². The molecule has 0 bridgehead atoms. The number of rotatable bonds is 5. The van der Waals surface area contributed by atoms with Gasteiger partial charge in [0.15, 0.2) is 0 Å². The van der Waals surface area contributed by atoms with E-state index < -0.39 is 5.97 Å². The second-order valence-electron chi connectivity index (χ2n) is 4.63. The third kappa shape index (κ3) is 3.66. The fourth-order valence-electron chi connectivity index (χ4n) is 1.91. The molecular formula is C15H16N2O3S. The lowest BCUT2D eigenvalue weighted by Gasteiger charge is -2.14. The molecule has 0 aliphatic rings. The summed E-state index contributed by atoms with van der Waals surface area (Å²) in [7, 11) is 0. The van der Waals surface area contributed by atoms with E-state index in [1.807, 2.05) is 13.8 Å². The molecule has 1 aromatic carbocycles. The van der Waals surface area contributed by atoms with Crippen LogP contribution in [0, 0.1) is 6.92 Å². The number of carbonyl (C=O) groups is 2. The summed E-state index contributed by atoms with van der Waals surface area (Å²) in [6.45, 7) is 3.93. The van der Waals surface area contributed by atoms with Gasteiger partial charge in [-0.15, -0.1) is 11.3 Å². The molecule has 21 heavy (non-hydrogen) atoms. The minimum atomic E-state index is -1.05. The Kier molecular flexibility index (Phi) is 4.70. The van der Waals surface area contributed by atoms with E-state index in [4.69, 9.17) is 5.11 Å². The van der Waals surface area contributed by atoms with Gasteiger partial charge >= 0.3 is 5.97 Å². The van der Waals surface area contributed by atoms with Gasteiger partial charge in [0.2, 0.25) is 0 Å². The molecule has 2 aromatic rings. The molecule has 0 unspecified atom stereocenters. The van der Waals surface area contributed by atoms with Gasteiger partial charge in [-0.1, -0.05) is 13.0 Å². The van der Waals surface area contributed by atoms with Crippen molar-refractivity contribution >= 4 is 23.2 Å². The molecule has 1 atom stereocenters. The molecule has 2 N–H and O–H groups in total. The molecule has 5 nitrogen and oxygen atoms in total. The Bertz CT molecular complexity index is 666. The first-order chi connectivity index (χ1) is 10.0. The van der Waals surface area contributed by atoms with E-state index in [9.17, 15) is 9.59 Å². The Balaban J connectivity index is 2.16. The van der Waals surface area contributed by atoms with Gasteiger partial charge in [0, 0.05) is 16.6 Å². The highest BCUT2D eigenvalue weighted by molar-refractivity contribution is 7.11. The van der Waals surface area contributed by atoms with Crippen LogP contribution in [0.1, 0.15) is 50.0 Å². The number of nitrogens with zero attached hydrogens (tertiary/aromatic N) is 1. The Morgan fingerprint density at radius 2 is 2.10 bits per heavy atom. The molecular weight excluding hydrogens is 288 g/mol. The summed E-state index contributed by atoms with van der Waals surface area (Å²) in [6, 6.07) is 5.83. The third-order valence-corrected chi connectivity index (χ3v) is 4.05. The summed E-state index contributed by atoms with van der Waals surface area (Å²) in [5.41, 5.74) is 0.433. The van der Waals surface area contributed by atoms with E-state index in [0.29, 0.717) is 5.56 Å². The Morgan fingerprint density at radius 3 is 2.67 bits per heavy atom. The molecule has 1 amide bonds. The lowest BCUT2D eigenvalue weighted by molar-refractivity contribution is 0.0697. The van der Waals surface area contributed by atoms with Crippen LogP contribution < -0.4 is 5.32 Å². The van der Waals surface area contributed by atoms with E-state index in [2.05, 4.69) is 10.3 Å². The van der Waals surface area contributed by atoms with Crippen LogP contribution in [0.3, 0.4) is 0 Å². The number of amides is 1. The van der Waals surface area contributed by atoms with Crippen molar-refractivity contribution in [2.75, 3.05) is 0 Å². The summed E-state index contributed by atoms with van der Waals surface area (Å²) in [4.78, 5) is 28.6. The number of nitrogens with one attached hydrogen (secondary N) is 1. The quantitative estimate of drug-likeness (QED) is 0.890. The van der Waals surface area contributed by atoms with Crippen molar-refractivity contribution in [1.82, 2.24) is 10.3 Å². The van der Waals surface area contributed by atoms with Crippen molar-refractivity contribution in [2.24, 2.45) is 0 Å². The Hall–Kier alpha value is -2.21. The fraction of sp³-hybridized carbons (Fsp3) is 0.267. The summed E-state index contributed by atoms with van der Waals surface area (Å²) in [5.74, 6) is -1.34. The highest BCUT2D eigenvalue weighted by atomic mass is 32.1. The maximum atomic E-state index is 12.2. The van der Waals surface area contributed by atoms with Crippen LogP contribution in [-0.4, -0.2) is 22.0 Å². The van der Waals surface area contributed by atoms with Gasteiger partial charge in [-0.05, 0) is 31.5 Å². The monoisotopic (exact) mass is 304 g/mol. The standard InChI is InChI=1S/C15H16N2O3S/c1-3-12(14-16-8-9(2)21-14)17-13(18)10-5-4-6-11(7-10)15(19)20/h4-8,12H,3H2,1-2H3,(H,17,18)(H,19,20)/t12-/m1/s1. The van der Waals surface area contributed by atoms with Gasteiger partial charge in [0.1, 0.15) is 5.01 Å². The zero-order valence-electron chi connectivity index (χ0n) is 11.8. The molecule has 0 radical (unpaired) electrons. The van der Waals surface area contributed by atoms with Gasteiger partial charge in [-0.25, -0.2) is 9.78 Å². The molecule has 0 spiro atoms. The lowest BCUT2D eigenvalue weighted by Crippen LogP contribution is -2.28. The van der Waals surface area contributed by atoms with Crippen molar-refractivity contribution in [2.45, 2.75) is 26.3 Å². The topological polar surface area (TPSA) is 79.3 Å². The van der Waals surface area contributed by atoms with Gasteiger partial charge in [0.25, 0.3) is 5.91 Å². The van der Waals surface area contributed by atoms with Gasteiger partial charge in [-0.3, -0.25) is 4.79 Å². The number of carboxylic acids is 1. The summed E-state index contributed by atoms with van der Waals surface area (Å²) >= 11 is 1.55. The second kappa shape index (κ2) is 6.49. The SMILES string of the molecule is CC[C@@H](NC(=O)c1cccc(C(=O)O)c1)c1ncc(C)s1. The number of aromatic carboxylic acids is 1. The number of thiazole rings is 1. The molecule has 0 fully saturated rings. The number of aromatic nitrogens is 1. The van der Waals surface area contributed by atoms with Crippen molar-refractivity contribution in [3.8, 4) is 0 Å². The predicted octanol–water partition coefficient (Wildman–Crippen LogP) is 3.03. The van der Waals surface area contributed by atoms with Crippen LogP contribution in [-0.2, 0) is 0 Å². The fourth-order valence-corrected chi connectivity index (χ4v) is 2.82. The largest absolute Gasteiger partial charge is 0.478 e. The summed E-state index contributed by atoms with van der Waals surface area (Å²) in [6.07, 6.45) is 2.50. The van der Waals surface area contributed by atoms with Crippen LogP contribution in [0.4, 0.5) is 0 Å². The van der Waals surface area contributed by atoms with Crippen molar-refractivity contribution in [3.05, 3.63) is 51.5 Å². The molecule has 1 aromatic heterocycles. The van der Waals surface area contributed by atoms with E-state index in [-0.39, 0.29) is 17.5 Å². The molecule has 0 aliphatic carbocycles. The van der Waals surface area contributed by atoms with Gasteiger partial charge in [-0.2, -0.15) is 0 Å². The van der Waals surface area contributed by atoms with Gasteiger partial charge < -0.3 is 10.4 Å². The zero-order valence-corrected chi connectivity index (χ0v) is 12.6. The Morgan fingerprint density at radius 1 is 1.38 bits per heavy atom. The normalized spacial score (nSPS) is 11.9. The molecule has 0 aliphatic heterocycles. The molecule has 110 valence electrons. The minimum Gasteiger partial charge on any atom is -0.478 e. The first kappa shape index (κ1) is 15.2. The molecule has 1 heterocycles. The number of carboxylic acid groups (broad SMARTS) is 1. The van der Waals surface area contributed by atoms with E-state index >= 15 is 0 Å². The maximum absolute atomic E-state index is 12.2. The number of carbonyl (C=O) groups excluding carboxylic acids is 1. The average Bonchev–Trinajstić information content (AvgIpc) is 2.91. The second-order valence-corrected chi connectivity index (χ2v) is 5.90. The average molecular weight is 304 g/mol. The van der Waals surface area contributed by atoms with Crippen LogP contribution >= 0.6 is 11.3 Å². The highest BCUT2D eigenvalue weighted by Crippen LogP contribution is 2.22. The highest BCUT2D eigenvalue weighted by Gasteiger charge is 2.17. The molecule has 0 saturated carbocycles. The molecule has 2 rings (SSSR count). The number of hydrogen-bond donors (Lipinski definition) is 2. The smallest absolute Gasteiger partial charge is 0.335 e. The Labute approximate surface area is 126 Å². The number of hydrogen-bond acceptors (Lipinski definition) is 4. The molecule has 0 saturated heterocycles. The first-order valence-electron chi connectivity index (χ1n) is 6.57. The maximum Gasteiger partial charge on any atom is 0.335 e. The van der Waals surface area contributed by atoms with Crippen molar-refractivity contribution < 1.29 is 14.7 Å². The third-order valence-electron chi connectivity index (χ3n) is 3.02. The lowest BCUT2D eigenvalue weighted by atomic mass is 10.1. The van der Waals surface area contributed by atoms with E-state index in [1.165, 1.54) is 12.1 Å². The minimum absolute atomic E-state index is 0.0980. The van der Waals surface area contributed by atoms with Crippen molar-refractivity contribution in [1.29, 1.82) is 0 Å². The zero-order chi connectivity index (χ0) is 15.4. The summed E-state index contributed by atoms with van der Waals surface area (Å²) < 4.78 is 0.